The Morgan fingerprint density at radius 3 is 2.83 bits per heavy atom. The average molecular weight is 290 g/mol. The van der Waals surface area contributed by atoms with Crippen molar-refractivity contribution >= 4 is 29.2 Å². The molecule has 0 spiro atoms. The average Bonchev–Trinajstić information content (AvgIpc) is 2.37. The number of nitrogens with one attached hydrogen (secondary N) is 1. The molecule has 0 bridgehead atoms. The molecule has 0 aliphatic rings. The minimum Gasteiger partial charge on any atom is -0.381 e. The summed E-state index contributed by atoms with van der Waals surface area (Å²) in [7, 11) is 0. The lowest BCUT2D eigenvalue weighted by Gasteiger charge is -2.07. The first-order valence-corrected chi connectivity index (χ1v) is 7.76. The number of halogens is 1. The fraction of sp³-hybridized carbons (Fsp3) is 0.667. The third-order valence-electron chi connectivity index (χ3n) is 2.27. The predicted molar refractivity (Wildman–Crippen MR) is 77.7 cm³/mol. The fourth-order valence-corrected chi connectivity index (χ4v) is 1.93. The monoisotopic (exact) mass is 289 g/mol. The van der Waals surface area contributed by atoms with Gasteiger partial charge in [-0.2, -0.15) is 0 Å². The second kappa shape index (κ2) is 9.42. The van der Waals surface area contributed by atoms with Crippen LogP contribution in [0.15, 0.2) is 11.2 Å². The van der Waals surface area contributed by atoms with E-state index in [1.54, 1.807) is 6.07 Å². The second-order valence-electron chi connectivity index (χ2n) is 3.81. The molecule has 4 nitrogen and oxygen atoms in total. The van der Waals surface area contributed by atoms with E-state index in [1.807, 2.05) is 6.26 Å². The zero-order chi connectivity index (χ0) is 13.2. The van der Waals surface area contributed by atoms with Gasteiger partial charge in [0.15, 0.2) is 5.16 Å². The molecule has 0 unspecified atom stereocenters. The highest BCUT2D eigenvalue weighted by atomic mass is 35.5. The SMILES string of the molecule is CCCCOCCCNc1cc(Cl)nc(SC)n1. The summed E-state index contributed by atoms with van der Waals surface area (Å²) in [6.45, 7) is 4.62. The minimum atomic E-state index is 0.469. The van der Waals surface area contributed by atoms with E-state index < -0.39 is 0 Å². The van der Waals surface area contributed by atoms with Crippen LogP contribution in [0.5, 0.6) is 0 Å². The highest BCUT2D eigenvalue weighted by Crippen LogP contribution is 2.16. The summed E-state index contributed by atoms with van der Waals surface area (Å²) in [5.74, 6) is 0.771. The number of anilines is 1. The first-order valence-electron chi connectivity index (χ1n) is 6.16. The van der Waals surface area contributed by atoms with E-state index in [2.05, 4.69) is 22.2 Å². The molecule has 6 heteroatoms. The van der Waals surface area contributed by atoms with Crippen molar-refractivity contribution in [1.29, 1.82) is 0 Å². The maximum absolute atomic E-state index is 5.90. The molecule has 0 saturated heterocycles. The van der Waals surface area contributed by atoms with Crippen LogP contribution in [0, 0.1) is 0 Å². The summed E-state index contributed by atoms with van der Waals surface area (Å²) >= 11 is 7.38. The Morgan fingerprint density at radius 1 is 1.33 bits per heavy atom. The maximum Gasteiger partial charge on any atom is 0.190 e. The largest absolute Gasteiger partial charge is 0.381 e. The molecule has 0 saturated carbocycles. The summed E-state index contributed by atoms with van der Waals surface area (Å²) in [5.41, 5.74) is 0. The summed E-state index contributed by atoms with van der Waals surface area (Å²) in [4.78, 5) is 8.40. The van der Waals surface area contributed by atoms with Gasteiger partial charge in [0.2, 0.25) is 0 Å². The number of ether oxygens (including phenoxy) is 1. The Hall–Kier alpha value is -0.520. The van der Waals surface area contributed by atoms with Crippen LogP contribution >= 0.6 is 23.4 Å². The van der Waals surface area contributed by atoms with Gasteiger partial charge in [-0.3, -0.25) is 0 Å². The molecule has 0 fully saturated rings. The van der Waals surface area contributed by atoms with Crippen LogP contribution in [0.1, 0.15) is 26.2 Å². The number of hydrogen-bond acceptors (Lipinski definition) is 5. The predicted octanol–water partition coefficient (Wildman–Crippen LogP) is 3.47. The van der Waals surface area contributed by atoms with Crippen molar-refractivity contribution in [2.75, 3.05) is 31.3 Å². The van der Waals surface area contributed by atoms with E-state index in [0.717, 1.165) is 38.4 Å². The Labute approximate surface area is 118 Å². The third-order valence-corrected chi connectivity index (χ3v) is 3.01. The molecule has 0 radical (unpaired) electrons. The quantitative estimate of drug-likeness (QED) is 0.326. The lowest BCUT2D eigenvalue weighted by Crippen LogP contribution is -2.08. The fourth-order valence-electron chi connectivity index (χ4n) is 1.32. The molecule has 0 amide bonds. The zero-order valence-electron chi connectivity index (χ0n) is 10.9. The highest BCUT2D eigenvalue weighted by Gasteiger charge is 2.01. The smallest absolute Gasteiger partial charge is 0.190 e. The van der Waals surface area contributed by atoms with Gasteiger partial charge in [0.05, 0.1) is 0 Å². The van der Waals surface area contributed by atoms with Crippen LogP contribution in [0.2, 0.25) is 5.15 Å². The molecule has 0 aromatic carbocycles. The number of nitrogens with zero attached hydrogens (tertiary/aromatic N) is 2. The van der Waals surface area contributed by atoms with Crippen molar-refractivity contribution < 1.29 is 4.74 Å². The van der Waals surface area contributed by atoms with Gasteiger partial charge >= 0.3 is 0 Å². The molecule has 0 aliphatic carbocycles. The van der Waals surface area contributed by atoms with Gasteiger partial charge in [-0.25, -0.2) is 9.97 Å². The topological polar surface area (TPSA) is 47.0 Å². The van der Waals surface area contributed by atoms with Crippen LogP contribution in [-0.4, -0.2) is 36.0 Å². The van der Waals surface area contributed by atoms with Crippen molar-refractivity contribution in [3.05, 3.63) is 11.2 Å². The van der Waals surface area contributed by atoms with Crippen molar-refractivity contribution in [3.63, 3.8) is 0 Å². The van der Waals surface area contributed by atoms with Gasteiger partial charge in [0, 0.05) is 25.8 Å². The summed E-state index contributed by atoms with van der Waals surface area (Å²) in [6.07, 6.45) is 5.19. The van der Waals surface area contributed by atoms with Crippen LogP contribution in [0.25, 0.3) is 0 Å². The zero-order valence-corrected chi connectivity index (χ0v) is 12.5. The first-order chi connectivity index (χ1) is 8.76. The lowest BCUT2D eigenvalue weighted by molar-refractivity contribution is 0.131. The molecule has 1 heterocycles. The van der Waals surface area contributed by atoms with Crippen molar-refractivity contribution in [2.45, 2.75) is 31.3 Å². The number of hydrogen-bond donors (Lipinski definition) is 1. The lowest BCUT2D eigenvalue weighted by atomic mass is 10.3. The maximum atomic E-state index is 5.90. The van der Waals surface area contributed by atoms with Crippen molar-refractivity contribution in [3.8, 4) is 0 Å². The minimum absolute atomic E-state index is 0.469. The van der Waals surface area contributed by atoms with Gasteiger partial charge < -0.3 is 10.1 Å². The van der Waals surface area contributed by atoms with E-state index in [0.29, 0.717) is 10.3 Å². The van der Waals surface area contributed by atoms with Crippen LogP contribution in [-0.2, 0) is 4.74 Å². The Bertz CT molecular complexity index is 352. The number of rotatable bonds is 9. The highest BCUT2D eigenvalue weighted by molar-refractivity contribution is 7.98. The number of thioether (sulfide) groups is 1. The Balaban J connectivity index is 2.20. The summed E-state index contributed by atoms with van der Waals surface area (Å²) < 4.78 is 5.48. The molecule has 18 heavy (non-hydrogen) atoms. The second-order valence-corrected chi connectivity index (χ2v) is 4.97. The van der Waals surface area contributed by atoms with Crippen molar-refractivity contribution in [2.24, 2.45) is 0 Å². The molecular weight excluding hydrogens is 270 g/mol. The normalized spacial score (nSPS) is 10.6. The van der Waals surface area contributed by atoms with Gasteiger partial charge in [-0.1, -0.05) is 36.7 Å². The molecule has 0 aliphatic heterocycles. The molecule has 1 N–H and O–H groups in total. The number of aromatic nitrogens is 2. The van der Waals surface area contributed by atoms with Crippen LogP contribution < -0.4 is 5.32 Å². The van der Waals surface area contributed by atoms with E-state index in [4.69, 9.17) is 16.3 Å². The van der Waals surface area contributed by atoms with Gasteiger partial charge in [0.25, 0.3) is 0 Å². The first kappa shape index (κ1) is 15.5. The Kier molecular flexibility index (Phi) is 8.13. The molecule has 0 atom stereocenters. The third kappa shape index (κ3) is 6.42. The van der Waals surface area contributed by atoms with Gasteiger partial charge in [-0.05, 0) is 19.1 Å². The van der Waals surface area contributed by atoms with Gasteiger partial charge in [0.1, 0.15) is 11.0 Å². The summed E-state index contributed by atoms with van der Waals surface area (Å²) in [5, 5.41) is 4.38. The standard InChI is InChI=1S/C12H20ClN3OS/c1-3-4-7-17-8-5-6-14-11-9-10(13)15-12(16-11)18-2/h9H,3-8H2,1-2H3,(H,14,15,16). The van der Waals surface area contributed by atoms with E-state index >= 15 is 0 Å². The molecule has 102 valence electrons. The van der Waals surface area contributed by atoms with Gasteiger partial charge in [-0.15, -0.1) is 0 Å². The molecule has 1 aromatic heterocycles. The summed E-state index contributed by atoms with van der Waals surface area (Å²) in [6, 6.07) is 1.74. The molecule has 1 rings (SSSR count). The van der Waals surface area contributed by atoms with Crippen LogP contribution in [0.4, 0.5) is 5.82 Å². The van der Waals surface area contributed by atoms with Crippen LogP contribution in [0.3, 0.4) is 0 Å². The van der Waals surface area contributed by atoms with E-state index in [9.17, 15) is 0 Å². The molecular formula is C12H20ClN3OS. The van der Waals surface area contributed by atoms with Crippen molar-refractivity contribution in [1.82, 2.24) is 9.97 Å². The van der Waals surface area contributed by atoms with E-state index in [1.165, 1.54) is 18.2 Å². The number of unbranched alkanes of at least 4 members (excludes halogenated alkanes) is 1. The van der Waals surface area contributed by atoms with E-state index in [-0.39, 0.29) is 0 Å². The Morgan fingerprint density at radius 2 is 2.11 bits per heavy atom. The molecule has 1 aromatic rings.